The Labute approximate surface area is 133 Å². The molecule has 0 spiro atoms. The Morgan fingerprint density at radius 1 is 1.35 bits per heavy atom. The highest BCUT2D eigenvalue weighted by atomic mass is 19.3. The van der Waals surface area contributed by atoms with E-state index in [0.717, 1.165) is 0 Å². The summed E-state index contributed by atoms with van der Waals surface area (Å²) in [6.07, 6.45) is 0.377. The van der Waals surface area contributed by atoms with E-state index in [-0.39, 0.29) is 18.6 Å². The molecule has 23 heavy (non-hydrogen) atoms. The number of carbonyl (C=O) groups is 1. The molecule has 0 radical (unpaired) electrons. The highest BCUT2D eigenvalue weighted by Crippen LogP contribution is 2.40. The number of ether oxygens (including phenoxy) is 1. The summed E-state index contributed by atoms with van der Waals surface area (Å²) in [6.45, 7) is 5.00. The van der Waals surface area contributed by atoms with Gasteiger partial charge in [0.15, 0.2) is 0 Å². The first kappa shape index (κ1) is 17.4. The van der Waals surface area contributed by atoms with Crippen molar-refractivity contribution in [1.29, 1.82) is 0 Å². The lowest BCUT2D eigenvalue weighted by Crippen LogP contribution is -2.49. The van der Waals surface area contributed by atoms with Gasteiger partial charge in [-0.3, -0.25) is 4.79 Å². The summed E-state index contributed by atoms with van der Waals surface area (Å²) in [5.74, 6) is -4.09. The van der Waals surface area contributed by atoms with Crippen LogP contribution in [0, 0.1) is 0 Å². The van der Waals surface area contributed by atoms with Gasteiger partial charge in [-0.1, -0.05) is 6.07 Å². The summed E-state index contributed by atoms with van der Waals surface area (Å²) >= 11 is 0. The lowest BCUT2D eigenvalue weighted by atomic mass is 9.88. The number of likely N-dealkylation sites (tertiary alicyclic amines) is 1. The van der Waals surface area contributed by atoms with Crippen LogP contribution < -0.4 is 5.56 Å². The van der Waals surface area contributed by atoms with Gasteiger partial charge in [0.25, 0.3) is 5.92 Å². The smallest absolute Gasteiger partial charge is 0.410 e. The van der Waals surface area contributed by atoms with Crippen molar-refractivity contribution in [3.05, 3.63) is 34.2 Å². The fourth-order valence-corrected chi connectivity index (χ4v) is 2.57. The van der Waals surface area contributed by atoms with Crippen LogP contribution >= 0.6 is 0 Å². The Morgan fingerprint density at radius 3 is 2.57 bits per heavy atom. The van der Waals surface area contributed by atoms with Gasteiger partial charge >= 0.3 is 6.09 Å². The Hall–Kier alpha value is -1.92. The zero-order valence-corrected chi connectivity index (χ0v) is 13.8. The van der Waals surface area contributed by atoms with E-state index in [9.17, 15) is 18.4 Å². The largest absolute Gasteiger partial charge is 0.444 e. The number of rotatable bonds is 1. The lowest BCUT2D eigenvalue weighted by molar-refractivity contribution is -0.0772. The van der Waals surface area contributed by atoms with E-state index in [1.165, 1.54) is 34.8 Å². The molecule has 1 fully saturated rings. The van der Waals surface area contributed by atoms with Crippen LogP contribution in [0.5, 0.6) is 0 Å². The second-order valence-electron chi connectivity index (χ2n) is 6.90. The van der Waals surface area contributed by atoms with Crippen molar-refractivity contribution in [2.45, 2.75) is 44.6 Å². The number of aromatic nitrogens is 1. The zero-order chi connectivity index (χ0) is 17.4. The Morgan fingerprint density at radius 2 is 2.00 bits per heavy atom. The van der Waals surface area contributed by atoms with E-state index in [2.05, 4.69) is 0 Å². The van der Waals surface area contributed by atoms with Gasteiger partial charge in [-0.25, -0.2) is 13.6 Å². The SMILES string of the molecule is Cn1cc(C2CN(C(=O)OC(C)(C)C)CCC2(F)F)ccc1=O. The lowest BCUT2D eigenvalue weighted by Gasteiger charge is -2.39. The predicted octanol–water partition coefficient (Wildman–Crippen LogP) is 2.75. The van der Waals surface area contributed by atoms with Gasteiger partial charge in [0.05, 0.1) is 5.92 Å². The fourth-order valence-electron chi connectivity index (χ4n) is 2.57. The minimum atomic E-state index is -2.93. The quantitative estimate of drug-likeness (QED) is 0.796. The number of amides is 1. The molecule has 1 amide bonds. The molecule has 0 N–H and O–H groups in total. The van der Waals surface area contributed by atoms with Gasteiger partial charge in [-0.05, 0) is 26.3 Å². The second-order valence-corrected chi connectivity index (χ2v) is 6.90. The maximum Gasteiger partial charge on any atom is 0.410 e. The number of pyridine rings is 1. The monoisotopic (exact) mass is 328 g/mol. The summed E-state index contributed by atoms with van der Waals surface area (Å²) in [7, 11) is 1.51. The van der Waals surface area contributed by atoms with Gasteiger partial charge in [0.2, 0.25) is 5.56 Å². The number of halogens is 2. The molecular formula is C16H22F2N2O3. The Kier molecular flexibility index (Phi) is 4.50. The van der Waals surface area contributed by atoms with Crippen molar-refractivity contribution in [1.82, 2.24) is 9.47 Å². The summed E-state index contributed by atoms with van der Waals surface area (Å²) in [5.41, 5.74) is -0.606. The molecular weight excluding hydrogens is 306 g/mol. The average molecular weight is 328 g/mol. The molecule has 128 valence electrons. The molecule has 7 heteroatoms. The molecule has 1 aromatic heterocycles. The molecule has 2 rings (SSSR count). The first-order valence-electron chi connectivity index (χ1n) is 7.52. The van der Waals surface area contributed by atoms with Crippen molar-refractivity contribution in [2.75, 3.05) is 13.1 Å². The fraction of sp³-hybridized carbons (Fsp3) is 0.625. The topological polar surface area (TPSA) is 51.5 Å². The molecule has 1 saturated heterocycles. The molecule has 0 bridgehead atoms. The molecule has 0 aromatic carbocycles. The van der Waals surface area contributed by atoms with Crippen LogP contribution in [0.15, 0.2) is 23.1 Å². The van der Waals surface area contributed by atoms with Crippen LogP contribution in [0.3, 0.4) is 0 Å². The van der Waals surface area contributed by atoms with Crippen LogP contribution in [-0.2, 0) is 11.8 Å². The van der Waals surface area contributed by atoms with Gasteiger partial charge in [-0.15, -0.1) is 0 Å². The number of alkyl halides is 2. The second kappa shape index (κ2) is 5.94. The van der Waals surface area contributed by atoms with E-state index >= 15 is 0 Å². The molecule has 1 unspecified atom stereocenters. The first-order chi connectivity index (χ1) is 10.5. The maximum atomic E-state index is 14.3. The molecule has 2 heterocycles. The Balaban J connectivity index is 2.24. The molecule has 1 aromatic rings. The number of hydrogen-bond acceptors (Lipinski definition) is 3. The standard InChI is InChI=1S/C16H22F2N2O3/c1-15(2,3)23-14(22)20-8-7-16(17,18)12(10-20)11-5-6-13(21)19(4)9-11/h5-6,9,12H,7-8,10H2,1-4H3. The van der Waals surface area contributed by atoms with E-state index in [1.54, 1.807) is 20.8 Å². The van der Waals surface area contributed by atoms with Crippen molar-refractivity contribution in [2.24, 2.45) is 7.05 Å². The van der Waals surface area contributed by atoms with Crippen molar-refractivity contribution in [3.63, 3.8) is 0 Å². The van der Waals surface area contributed by atoms with Crippen LogP contribution in [0.1, 0.15) is 38.7 Å². The molecule has 5 nitrogen and oxygen atoms in total. The van der Waals surface area contributed by atoms with Gasteiger partial charge in [0, 0.05) is 38.8 Å². The summed E-state index contributed by atoms with van der Waals surface area (Å²) < 4.78 is 35.1. The normalized spacial score (nSPS) is 21.1. The van der Waals surface area contributed by atoms with Crippen LogP contribution in [0.4, 0.5) is 13.6 Å². The number of aryl methyl sites for hydroxylation is 1. The Bertz CT molecular complexity index is 649. The predicted molar refractivity (Wildman–Crippen MR) is 81.8 cm³/mol. The summed E-state index contributed by atoms with van der Waals surface area (Å²) in [4.78, 5) is 24.9. The molecule has 1 atom stereocenters. The van der Waals surface area contributed by atoms with Gasteiger partial charge in [0.1, 0.15) is 5.60 Å². The molecule has 0 saturated carbocycles. The number of piperidine rings is 1. The van der Waals surface area contributed by atoms with Crippen LogP contribution in [-0.4, -0.2) is 40.2 Å². The van der Waals surface area contributed by atoms with E-state index in [0.29, 0.717) is 5.56 Å². The van der Waals surface area contributed by atoms with E-state index in [1.807, 2.05) is 0 Å². The van der Waals surface area contributed by atoms with E-state index < -0.39 is 30.0 Å². The van der Waals surface area contributed by atoms with Crippen molar-refractivity contribution in [3.8, 4) is 0 Å². The minimum Gasteiger partial charge on any atom is -0.444 e. The number of carbonyl (C=O) groups excluding carboxylic acids is 1. The third-order valence-corrected chi connectivity index (χ3v) is 3.79. The van der Waals surface area contributed by atoms with Crippen LogP contribution in [0.25, 0.3) is 0 Å². The summed E-state index contributed by atoms with van der Waals surface area (Å²) in [6, 6.07) is 2.66. The average Bonchev–Trinajstić information content (AvgIpc) is 2.39. The highest BCUT2D eigenvalue weighted by molar-refractivity contribution is 5.68. The maximum absolute atomic E-state index is 14.3. The minimum absolute atomic E-state index is 0.0514. The number of nitrogens with zero attached hydrogens (tertiary/aromatic N) is 2. The third kappa shape index (κ3) is 4.09. The number of hydrogen-bond donors (Lipinski definition) is 0. The first-order valence-corrected chi connectivity index (χ1v) is 7.52. The van der Waals surface area contributed by atoms with Crippen molar-refractivity contribution >= 4 is 6.09 Å². The van der Waals surface area contributed by atoms with Gasteiger partial charge < -0.3 is 14.2 Å². The highest BCUT2D eigenvalue weighted by Gasteiger charge is 2.46. The molecule has 1 aliphatic rings. The summed E-state index contributed by atoms with van der Waals surface area (Å²) in [5, 5.41) is 0. The molecule has 1 aliphatic heterocycles. The zero-order valence-electron chi connectivity index (χ0n) is 13.8. The van der Waals surface area contributed by atoms with Crippen LogP contribution in [0.2, 0.25) is 0 Å². The third-order valence-electron chi connectivity index (χ3n) is 3.79. The van der Waals surface area contributed by atoms with Crippen molar-refractivity contribution < 1.29 is 18.3 Å². The van der Waals surface area contributed by atoms with E-state index in [4.69, 9.17) is 4.74 Å². The van der Waals surface area contributed by atoms with Gasteiger partial charge in [-0.2, -0.15) is 0 Å². The molecule has 0 aliphatic carbocycles.